The summed E-state index contributed by atoms with van der Waals surface area (Å²) in [6, 6.07) is 8.97. The van der Waals surface area contributed by atoms with Crippen molar-refractivity contribution in [3.8, 4) is 0 Å². The van der Waals surface area contributed by atoms with E-state index in [0.29, 0.717) is 12.6 Å². The highest BCUT2D eigenvalue weighted by molar-refractivity contribution is 5.83. The molecule has 98 valence electrons. The number of aliphatic hydroxyl groups excluding tert-OH is 1. The molecule has 0 radical (unpaired) electrons. The lowest BCUT2D eigenvalue weighted by Gasteiger charge is -2.11. The van der Waals surface area contributed by atoms with Crippen molar-refractivity contribution in [3.63, 3.8) is 0 Å². The molecule has 0 spiro atoms. The lowest BCUT2D eigenvalue weighted by atomic mass is 10.1. The quantitative estimate of drug-likeness (QED) is 0.850. The molecular formula is C15H22N2O. The molecule has 2 rings (SSSR count). The highest BCUT2D eigenvalue weighted by Gasteiger charge is 2.07. The molecule has 18 heavy (non-hydrogen) atoms. The molecular weight excluding hydrogens is 224 g/mol. The normalized spacial score (nSPS) is 13.4. The standard InChI is InChI=1S/C15H22N2O/c1-11(2)16-9-13-5-4-6-15-14(13)7-8-17(15)10-12(3)18/h4-8,11-12,16,18H,9-10H2,1-3H3. The van der Waals surface area contributed by atoms with Crippen LogP contribution in [0.1, 0.15) is 26.3 Å². The zero-order chi connectivity index (χ0) is 13.1. The maximum Gasteiger partial charge on any atom is 0.0691 e. The first kappa shape index (κ1) is 13.1. The van der Waals surface area contributed by atoms with Crippen molar-refractivity contribution in [2.75, 3.05) is 0 Å². The predicted octanol–water partition coefficient (Wildman–Crippen LogP) is 2.52. The summed E-state index contributed by atoms with van der Waals surface area (Å²) >= 11 is 0. The Morgan fingerprint density at radius 3 is 2.67 bits per heavy atom. The minimum Gasteiger partial charge on any atom is -0.392 e. The van der Waals surface area contributed by atoms with E-state index >= 15 is 0 Å². The van der Waals surface area contributed by atoms with Crippen LogP contribution >= 0.6 is 0 Å². The summed E-state index contributed by atoms with van der Waals surface area (Å²) in [4.78, 5) is 0. The molecule has 0 fully saturated rings. The zero-order valence-electron chi connectivity index (χ0n) is 11.4. The Labute approximate surface area is 108 Å². The monoisotopic (exact) mass is 246 g/mol. The van der Waals surface area contributed by atoms with E-state index in [-0.39, 0.29) is 6.10 Å². The van der Waals surface area contributed by atoms with Gasteiger partial charge in [-0.05, 0) is 24.6 Å². The van der Waals surface area contributed by atoms with Crippen molar-refractivity contribution < 1.29 is 5.11 Å². The summed E-state index contributed by atoms with van der Waals surface area (Å²) < 4.78 is 2.11. The highest BCUT2D eigenvalue weighted by Crippen LogP contribution is 2.20. The Kier molecular flexibility index (Phi) is 4.04. The van der Waals surface area contributed by atoms with Gasteiger partial charge in [0.05, 0.1) is 6.10 Å². The molecule has 1 heterocycles. The van der Waals surface area contributed by atoms with Gasteiger partial charge in [0, 0.05) is 36.2 Å². The fourth-order valence-corrected chi connectivity index (χ4v) is 2.20. The minimum absolute atomic E-state index is 0.321. The largest absolute Gasteiger partial charge is 0.392 e. The number of nitrogens with one attached hydrogen (secondary N) is 1. The van der Waals surface area contributed by atoms with Gasteiger partial charge in [-0.1, -0.05) is 26.0 Å². The summed E-state index contributed by atoms with van der Waals surface area (Å²) in [7, 11) is 0. The van der Waals surface area contributed by atoms with Crippen LogP contribution in [0.4, 0.5) is 0 Å². The van der Waals surface area contributed by atoms with Gasteiger partial charge < -0.3 is 15.0 Å². The number of nitrogens with zero attached hydrogens (tertiary/aromatic N) is 1. The Morgan fingerprint density at radius 1 is 1.22 bits per heavy atom. The zero-order valence-corrected chi connectivity index (χ0v) is 11.4. The van der Waals surface area contributed by atoms with Crippen molar-refractivity contribution in [3.05, 3.63) is 36.0 Å². The third kappa shape index (κ3) is 2.92. The van der Waals surface area contributed by atoms with Crippen molar-refractivity contribution >= 4 is 10.9 Å². The van der Waals surface area contributed by atoms with Crippen LogP contribution in [0.3, 0.4) is 0 Å². The summed E-state index contributed by atoms with van der Waals surface area (Å²) in [5, 5.41) is 14.2. The predicted molar refractivity (Wildman–Crippen MR) is 75.6 cm³/mol. The molecule has 2 aromatic rings. The third-order valence-corrected chi connectivity index (χ3v) is 3.07. The van der Waals surface area contributed by atoms with E-state index in [2.05, 4.69) is 54.2 Å². The molecule has 0 amide bonds. The van der Waals surface area contributed by atoms with Crippen LogP contribution in [-0.2, 0) is 13.1 Å². The van der Waals surface area contributed by atoms with Crippen molar-refractivity contribution in [2.24, 2.45) is 0 Å². The number of fused-ring (bicyclic) bond motifs is 1. The molecule has 0 aliphatic rings. The van der Waals surface area contributed by atoms with Gasteiger partial charge in [0.1, 0.15) is 0 Å². The second-order valence-electron chi connectivity index (χ2n) is 5.20. The number of hydrogen-bond acceptors (Lipinski definition) is 2. The van der Waals surface area contributed by atoms with Gasteiger partial charge in [0.25, 0.3) is 0 Å². The van der Waals surface area contributed by atoms with Crippen molar-refractivity contribution in [1.82, 2.24) is 9.88 Å². The van der Waals surface area contributed by atoms with E-state index < -0.39 is 0 Å². The first-order valence-corrected chi connectivity index (χ1v) is 6.56. The maximum atomic E-state index is 9.50. The van der Waals surface area contributed by atoms with Crippen LogP contribution in [0.5, 0.6) is 0 Å². The topological polar surface area (TPSA) is 37.2 Å². The summed E-state index contributed by atoms with van der Waals surface area (Å²) in [6.45, 7) is 7.64. The van der Waals surface area contributed by atoms with Gasteiger partial charge in [0.15, 0.2) is 0 Å². The molecule has 3 heteroatoms. The van der Waals surface area contributed by atoms with E-state index in [0.717, 1.165) is 6.54 Å². The highest BCUT2D eigenvalue weighted by atomic mass is 16.3. The molecule has 0 aliphatic heterocycles. The van der Waals surface area contributed by atoms with Gasteiger partial charge in [-0.15, -0.1) is 0 Å². The minimum atomic E-state index is -0.321. The number of benzene rings is 1. The molecule has 0 aliphatic carbocycles. The molecule has 0 saturated carbocycles. The molecule has 2 N–H and O–H groups in total. The summed E-state index contributed by atoms with van der Waals surface area (Å²) in [5.41, 5.74) is 2.50. The number of aromatic nitrogens is 1. The lowest BCUT2D eigenvalue weighted by molar-refractivity contribution is 0.175. The average Bonchev–Trinajstić information content (AvgIpc) is 2.69. The molecule has 3 nitrogen and oxygen atoms in total. The molecule has 1 aromatic carbocycles. The van der Waals surface area contributed by atoms with Crippen LogP contribution < -0.4 is 5.32 Å². The smallest absolute Gasteiger partial charge is 0.0691 e. The van der Waals surface area contributed by atoms with Gasteiger partial charge >= 0.3 is 0 Å². The second-order valence-corrected chi connectivity index (χ2v) is 5.20. The van der Waals surface area contributed by atoms with Gasteiger partial charge in [-0.2, -0.15) is 0 Å². The molecule has 1 aromatic heterocycles. The van der Waals surface area contributed by atoms with Gasteiger partial charge in [0.2, 0.25) is 0 Å². The summed E-state index contributed by atoms with van der Waals surface area (Å²) in [6.07, 6.45) is 1.73. The van der Waals surface area contributed by atoms with E-state index in [1.165, 1.54) is 16.5 Å². The molecule has 0 saturated heterocycles. The van der Waals surface area contributed by atoms with Crippen LogP contribution in [0.2, 0.25) is 0 Å². The van der Waals surface area contributed by atoms with Crippen LogP contribution in [0.25, 0.3) is 10.9 Å². The Morgan fingerprint density at radius 2 is 2.00 bits per heavy atom. The van der Waals surface area contributed by atoms with Gasteiger partial charge in [-0.3, -0.25) is 0 Å². The third-order valence-electron chi connectivity index (χ3n) is 3.07. The fraction of sp³-hybridized carbons (Fsp3) is 0.467. The Balaban J connectivity index is 2.30. The van der Waals surface area contributed by atoms with E-state index in [9.17, 15) is 5.11 Å². The number of rotatable bonds is 5. The van der Waals surface area contributed by atoms with E-state index in [1.54, 1.807) is 0 Å². The Hall–Kier alpha value is -1.32. The van der Waals surface area contributed by atoms with Crippen LogP contribution in [0.15, 0.2) is 30.5 Å². The first-order chi connectivity index (χ1) is 8.58. The molecule has 1 unspecified atom stereocenters. The Bertz CT molecular complexity index is 514. The summed E-state index contributed by atoms with van der Waals surface area (Å²) in [5.74, 6) is 0. The SMILES string of the molecule is CC(O)Cn1ccc2c(CNC(C)C)cccc21. The average molecular weight is 246 g/mol. The number of aliphatic hydroxyl groups is 1. The van der Waals surface area contributed by atoms with Crippen molar-refractivity contribution in [2.45, 2.75) is 46.0 Å². The first-order valence-electron chi connectivity index (χ1n) is 6.56. The molecule has 1 atom stereocenters. The van der Waals surface area contributed by atoms with Gasteiger partial charge in [-0.25, -0.2) is 0 Å². The van der Waals surface area contributed by atoms with Crippen LogP contribution in [-0.4, -0.2) is 21.8 Å². The van der Waals surface area contributed by atoms with Crippen molar-refractivity contribution in [1.29, 1.82) is 0 Å². The van der Waals surface area contributed by atoms with E-state index in [1.807, 2.05) is 6.92 Å². The number of hydrogen-bond donors (Lipinski definition) is 2. The van der Waals surface area contributed by atoms with E-state index in [4.69, 9.17) is 0 Å². The van der Waals surface area contributed by atoms with Crippen LogP contribution in [0, 0.1) is 0 Å². The maximum absolute atomic E-state index is 9.50. The fourth-order valence-electron chi connectivity index (χ4n) is 2.20. The lowest BCUT2D eigenvalue weighted by Crippen LogP contribution is -2.21. The molecule has 0 bridgehead atoms. The second kappa shape index (κ2) is 5.55.